The molecule has 0 heterocycles. The first-order chi connectivity index (χ1) is 20.1. The number of amides is 2. The molecule has 12 nitrogen and oxygen atoms in total. The summed E-state index contributed by atoms with van der Waals surface area (Å²) in [5, 5.41) is 47.7. The highest BCUT2D eigenvalue weighted by Gasteiger charge is 2.64. The molecule has 3 aliphatic rings. The number of ketones is 2. The van der Waals surface area contributed by atoms with Gasteiger partial charge in [0, 0.05) is 36.2 Å². The number of likely N-dealkylation sites (N-methyl/N-ethyl adjacent to an activating group) is 1. The van der Waals surface area contributed by atoms with E-state index in [0.29, 0.717) is 16.2 Å². The van der Waals surface area contributed by atoms with E-state index in [4.69, 9.17) is 5.73 Å². The second-order valence-electron chi connectivity index (χ2n) is 11.0. The summed E-state index contributed by atoms with van der Waals surface area (Å²) in [6.45, 7) is 7.24. The molecule has 1 aromatic rings. The predicted molar refractivity (Wildman–Crippen MR) is 164 cm³/mol. The van der Waals surface area contributed by atoms with Crippen molar-refractivity contribution in [3.05, 3.63) is 70.4 Å². The first-order valence-electron chi connectivity index (χ1n) is 13.3. The lowest BCUT2D eigenvalue weighted by atomic mass is 9.57. The Morgan fingerprint density at radius 3 is 2.35 bits per heavy atom. The molecule has 13 heteroatoms. The first kappa shape index (κ1) is 31.6. The maximum Gasteiger partial charge on any atom is 0.288 e. The van der Waals surface area contributed by atoms with Crippen molar-refractivity contribution in [1.82, 2.24) is 4.90 Å². The summed E-state index contributed by atoms with van der Waals surface area (Å²) in [6, 6.07) is 0.363. The zero-order valence-electron chi connectivity index (χ0n) is 24.2. The Labute approximate surface area is 252 Å². The van der Waals surface area contributed by atoms with Gasteiger partial charge in [0.05, 0.1) is 17.3 Å². The van der Waals surface area contributed by atoms with Gasteiger partial charge < -0.3 is 36.4 Å². The zero-order chi connectivity index (χ0) is 32.1. The number of hydrogen-bond acceptors (Lipinski definition) is 11. The average molecular weight is 611 g/mol. The van der Waals surface area contributed by atoms with Crippen LogP contribution >= 0.6 is 11.8 Å². The minimum absolute atomic E-state index is 0.0332. The lowest BCUT2D eigenvalue weighted by molar-refractivity contribution is -0.153. The number of aromatic hydroxyl groups is 1. The molecule has 228 valence electrons. The SMILES string of the molecule is C=C/C=C(\C=C)SC(=O)Nc1cc(N(C)C)c2c(c1O)C(O)=C1C(=O)[C@]3(O)C(O)=C(C(N)=O)C(=O)[C@@H](N(C)C)[C@@H]3C[C@@H]1C2. The number of allylic oxidation sites excluding steroid dienone is 3. The van der Waals surface area contributed by atoms with Gasteiger partial charge in [-0.1, -0.05) is 25.3 Å². The van der Waals surface area contributed by atoms with Gasteiger partial charge in [-0.15, -0.1) is 0 Å². The Balaban J connectivity index is 1.91. The number of aliphatic hydroxyl groups excluding tert-OH is 2. The number of fused-ring (bicyclic) bond motifs is 3. The van der Waals surface area contributed by atoms with E-state index < -0.39 is 69.0 Å². The highest BCUT2D eigenvalue weighted by molar-refractivity contribution is 8.17. The molecule has 0 radical (unpaired) electrons. The van der Waals surface area contributed by atoms with Crippen molar-refractivity contribution in [3.63, 3.8) is 0 Å². The summed E-state index contributed by atoms with van der Waals surface area (Å²) in [6.07, 6.45) is 4.60. The van der Waals surface area contributed by atoms with Crippen molar-refractivity contribution in [2.45, 2.75) is 24.5 Å². The van der Waals surface area contributed by atoms with Crippen LogP contribution in [-0.2, 0) is 20.8 Å². The van der Waals surface area contributed by atoms with Crippen LogP contribution < -0.4 is 16.0 Å². The lowest BCUT2D eigenvalue weighted by Crippen LogP contribution is -2.65. The molecule has 1 fully saturated rings. The number of phenolic OH excluding ortho intramolecular Hbond substituents is 1. The average Bonchev–Trinajstić information content (AvgIpc) is 2.91. The number of Topliss-reactive ketones (excluding diaryl/α,β-unsaturated/α-hetero) is 2. The molecular weight excluding hydrogens is 576 g/mol. The van der Waals surface area contributed by atoms with Gasteiger partial charge in [0.25, 0.3) is 11.1 Å². The number of nitrogens with one attached hydrogen (secondary N) is 1. The second kappa shape index (κ2) is 11.4. The van der Waals surface area contributed by atoms with E-state index in [0.717, 1.165) is 11.8 Å². The normalized spacial score (nSPS) is 25.2. The van der Waals surface area contributed by atoms with Crippen molar-refractivity contribution in [2.24, 2.45) is 17.6 Å². The molecule has 0 bridgehead atoms. The predicted octanol–water partition coefficient (Wildman–Crippen LogP) is 2.55. The van der Waals surface area contributed by atoms with E-state index in [1.807, 2.05) is 0 Å². The van der Waals surface area contributed by atoms with Gasteiger partial charge in [-0.25, -0.2) is 0 Å². The molecule has 0 aliphatic heterocycles. The zero-order valence-corrected chi connectivity index (χ0v) is 25.0. The molecular formula is C30H34N4O8S. The molecule has 0 saturated heterocycles. The van der Waals surface area contributed by atoms with Crippen LogP contribution in [0.1, 0.15) is 17.5 Å². The van der Waals surface area contributed by atoms with Gasteiger partial charge in [-0.2, -0.15) is 0 Å². The molecule has 43 heavy (non-hydrogen) atoms. The Hall–Kier alpha value is -4.33. The standard InChI is InChI=1S/C30H34N4O8S/c1-7-9-14(8-2)43-29(41)32-17-12-18(33(3)4)15-10-13-11-16-22(34(5)6)25(37)21(28(31)40)27(39)30(16,42)26(38)19(13)24(36)20(15)23(17)35/h7-9,12-13,16,22,35-36,39,42H,1-2,10-11H2,3-6H3,(H2,31,40)(H,32,41)/b14-9+/t13-,16-,22-,30-/m0/s1. The largest absolute Gasteiger partial charge is 0.508 e. The number of benzene rings is 1. The van der Waals surface area contributed by atoms with E-state index in [1.165, 1.54) is 37.2 Å². The van der Waals surface area contributed by atoms with Crippen LogP contribution in [0.5, 0.6) is 5.75 Å². The molecule has 4 atom stereocenters. The van der Waals surface area contributed by atoms with E-state index in [1.54, 1.807) is 25.1 Å². The molecule has 4 rings (SSSR count). The van der Waals surface area contributed by atoms with Crippen LogP contribution in [0.2, 0.25) is 0 Å². The van der Waals surface area contributed by atoms with Gasteiger partial charge in [-0.3, -0.25) is 24.1 Å². The minimum Gasteiger partial charge on any atom is -0.508 e. The fourth-order valence-electron chi connectivity index (χ4n) is 6.29. The number of nitrogens with zero attached hydrogens (tertiary/aromatic N) is 2. The molecule has 3 aliphatic carbocycles. The number of phenols is 1. The summed E-state index contributed by atoms with van der Waals surface area (Å²) in [7, 11) is 6.53. The number of primary amides is 1. The summed E-state index contributed by atoms with van der Waals surface area (Å²) in [4.78, 5) is 55.9. The van der Waals surface area contributed by atoms with Gasteiger partial charge in [0.15, 0.2) is 17.1 Å². The fourth-order valence-corrected chi connectivity index (χ4v) is 6.91. The van der Waals surface area contributed by atoms with Crippen LogP contribution in [0.3, 0.4) is 0 Å². The second-order valence-corrected chi connectivity index (χ2v) is 12.1. The van der Waals surface area contributed by atoms with E-state index in [2.05, 4.69) is 18.5 Å². The number of carbonyl (C=O) groups is 4. The maximum atomic E-state index is 14.1. The third-order valence-electron chi connectivity index (χ3n) is 8.11. The van der Waals surface area contributed by atoms with Gasteiger partial charge in [0.1, 0.15) is 17.1 Å². The fraction of sp³-hybridized carbons (Fsp3) is 0.333. The molecule has 7 N–H and O–H groups in total. The molecule has 0 spiro atoms. The van der Waals surface area contributed by atoms with Crippen LogP contribution in [0.15, 0.2) is 59.3 Å². The molecule has 1 aromatic carbocycles. The summed E-state index contributed by atoms with van der Waals surface area (Å²) in [5.74, 6) is -7.49. The monoisotopic (exact) mass is 610 g/mol. The Kier molecular flexibility index (Phi) is 8.38. The summed E-state index contributed by atoms with van der Waals surface area (Å²) in [5.41, 5.74) is 2.27. The highest BCUT2D eigenvalue weighted by Crippen LogP contribution is 2.54. The Morgan fingerprint density at radius 2 is 1.81 bits per heavy atom. The number of hydrogen-bond donors (Lipinski definition) is 6. The third-order valence-corrected chi connectivity index (χ3v) is 8.94. The van der Waals surface area contributed by atoms with Crippen molar-refractivity contribution in [3.8, 4) is 5.75 Å². The summed E-state index contributed by atoms with van der Waals surface area (Å²) >= 11 is 0.794. The van der Waals surface area contributed by atoms with Crippen LogP contribution in [0, 0.1) is 11.8 Å². The van der Waals surface area contributed by atoms with Crippen LogP contribution in [0.4, 0.5) is 16.2 Å². The molecule has 0 aromatic heterocycles. The molecule has 1 saturated carbocycles. The highest BCUT2D eigenvalue weighted by atomic mass is 32.2. The smallest absolute Gasteiger partial charge is 0.288 e. The number of nitrogens with two attached hydrogens (primary N) is 1. The van der Waals surface area contributed by atoms with Crippen LogP contribution in [0.25, 0.3) is 5.76 Å². The van der Waals surface area contributed by atoms with E-state index >= 15 is 0 Å². The number of thioether (sulfide) groups is 1. The quantitative estimate of drug-likeness (QED) is 0.151. The number of anilines is 2. The lowest BCUT2D eigenvalue weighted by Gasteiger charge is -2.50. The number of carbonyl (C=O) groups excluding carboxylic acids is 4. The Bertz CT molecular complexity index is 1570. The van der Waals surface area contributed by atoms with Crippen molar-refractivity contribution in [1.29, 1.82) is 0 Å². The molecule has 2 amide bonds. The minimum atomic E-state index is -2.74. The topological polar surface area (TPSA) is 194 Å². The maximum absolute atomic E-state index is 14.1. The van der Waals surface area contributed by atoms with Gasteiger partial charge >= 0.3 is 0 Å². The molecule has 0 unspecified atom stereocenters. The van der Waals surface area contributed by atoms with Crippen LogP contribution in [-0.4, -0.2) is 87.9 Å². The Morgan fingerprint density at radius 1 is 1.16 bits per heavy atom. The van der Waals surface area contributed by atoms with Gasteiger partial charge in [0.2, 0.25) is 5.78 Å². The number of aliphatic hydroxyl groups is 3. The van der Waals surface area contributed by atoms with E-state index in [9.17, 15) is 39.6 Å². The third kappa shape index (κ3) is 4.92. The van der Waals surface area contributed by atoms with Crippen molar-refractivity contribution < 1.29 is 39.6 Å². The van der Waals surface area contributed by atoms with Gasteiger partial charge in [-0.05, 0) is 62.3 Å². The van der Waals surface area contributed by atoms with E-state index in [-0.39, 0.29) is 29.7 Å². The van der Waals surface area contributed by atoms with Crippen molar-refractivity contribution >= 4 is 51.6 Å². The first-order valence-corrected chi connectivity index (χ1v) is 14.1. The summed E-state index contributed by atoms with van der Waals surface area (Å²) < 4.78 is 0. The van der Waals surface area contributed by atoms with Crippen molar-refractivity contribution in [2.75, 3.05) is 38.4 Å². The number of rotatable bonds is 7.